The Labute approximate surface area is 108 Å². The minimum absolute atomic E-state index is 0.0856. The lowest BCUT2D eigenvalue weighted by atomic mass is 9.76. The summed E-state index contributed by atoms with van der Waals surface area (Å²) in [5, 5.41) is 10.7. The fourth-order valence-electron chi connectivity index (χ4n) is 2.93. The maximum atomic E-state index is 4.59. The number of nitrogens with one attached hydrogen (secondary N) is 2. The Morgan fingerprint density at radius 3 is 3.06 bits per heavy atom. The van der Waals surface area contributed by atoms with Crippen molar-refractivity contribution in [2.24, 2.45) is 5.92 Å². The predicted octanol–water partition coefficient (Wildman–Crippen LogP) is 2.36. The van der Waals surface area contributed by atoms with Crippen LogP contribution in [0.3, 0.4) is 0 Å². The summed E-state index contributed by atoms with van der Waals surface area (Å²) in [5.74, 6) is 0.629. The van der Waals surface area contributed by atoms with E-state index in [0.717, 1.165) is 19.5 Å². The van der Waals surface area contributed by atoms with E-state index < -0.39 is 0 Å². The van der Waals surface area contributed by atoms with Crippen molar-refractivity contribution in [2.45, 2.75) is 45.2 Å². The zero-order valence-electron chi connectivity index (χ0n) is 11.0. The third-order valence-corrected chi connectivity index (χ3v) is 4.59. The Hall–Kier alpha value is -0.450. The third kappa shape index (κ3) is 2.54. The van der Waals surface area contributed by atoms with Crippen molar-refractivity contribution in [3.8, 4) is 0 Å². The van der Waals surface area contributed by atoms with Crippen molar-refractivity contribution in [1.82, 2.24) is 15.6 Å². The molecule has 1 aliphatic heterocycles. The van der Waals surface area contributed by atoms with E-state index in [4.69, 9.17) is 0 Å². The number of aromatic nitrogens is 1. The molecule has 1 saturated heterocycles. The molecule has 17 heavy (non-hydrogen) atoms. The summed E-state index contributed by atoms with van der Waals surface area (Å²) < 4.78 is 0. The van der Waals surface area contributed by atoms with Crippen LogP contribution in [0.25, 0.3) is 0 Å². The SMILES string of the molecule is CCC1CNCCC1(NC(C)C)c1nccs1. The van der Waals surface area contributed by atoms with Crippen LogP contribution >= 0.6 is 11.3 Å². The Balaban J connectivity index is 2.33. The Morgan fingerprint density at radius 1 is 1.65 bits per heavy atom. The van der Waals surface area contributed by atoms with E-state index in [2.05, 4.69) is 41.8 Å². The Kier molecular flexibility index (Phi) is 4.17. The summed E-state index contributed by atoms with van der Waals surface area (Å²) in [4.78, 5) is 4.59. The van der Waals surface area contributed by atoms with Gasteiger partial charge in [-0.1, -0.05) is 6.92 Å². The van der Waals surface area contributed by atoms with Gasteiger partial charge in [-0.15, -0.1) is 11.3 Å². The van der Waals surface area contributed by atoms with Gasteiger partial charge in [0.1, 0.15) is 5.01 Å². The average Bonchev–Trinajstić information content (AvgIpc) is 2.82. The standard InChI is InChI=1S/C13H23N3S/c1-4-11-9-14-6-5-13(11,16-10(2)3)12-15-7-8-17-12/h7-8,10-11,14,16H,4-6,9H2,1-3H3. The zero-order valence-corrected chi connectivity index (χ0v) is 11.8. The van der Waals surface area contributed by atoms with Gasteiger partial charge in [-0.3, -0.25) is 0 Å². The number of hydrogen-bond acceptors (Lipinski definition) is 4. The quantitative estimate of drug-likeness (QED) is 0.865. The van der Waals surface area contributed by atoms with Gasteiger partial charge in [0.15, 0.2) is 0 Å². The fraction of sp³-hybridized carbons (Fsp3) is 0.769. The molecule has 0 radical (unpaired) electrons. The molecule has 2 heterocycles. The Morgan fingerprint density at radius 2 is 2.47 bits per heavy atom. The molecule has 2 N–H and O–H groups in total. The first-order valence-electron chi connectivity index (χ1n) is 6.57. The minimum atomic E-state index is 0.0856. The first-order valence-corrected chi connectivity index (χ1v) is 7.45. The van der Waals surface area contributed by atoms with Crippen LogP contribution in [0.4, 0.5) is 0 Å². The zero-order chi connectivity index (χ0) is 12.3. The molecular weight excluding hydrogens is 230 g/mol. The van der Waals surface area contributed by atoms with E-state index in [1.165, 1.54) is 11.4 Å². The molecule has 0 saturated carbocycles. The Bertz CT molecular complexity index is 336. The van der Waals surface area contributed by atoms with Crippen LogP contribution in [0, 0.1) is 5.92 Å². The highest BCUT2D eigenvalue weighted by molar-refractivity contribution is 7.09. The van der Waals surface area contributed by atoms with Crippen LogP contribution < -0.4 is 10.6 Å². The van der Waals surface area contributed by atoms with Gasteiger partial charge in [0.05, 0.1) is 5.54 Å². The summed E-state index contributed by atoms with van der Waals surface area (Å²) in [6, 6.07) is 0.492. The van der Waals surface area contributed by atoms with E-state index in [0.29, 0.717) is 12.0 Å². The molecule has 2 unspecified atom stereocenters. The molecule has 0 aromatic carbocycles. The van der Waals surface area contributed by atoms with Gasteiger partial charge in [0, 0.05) is 24.2 Å². The maximum Gasteiger partial charge on any atom is 0.113 e. The van der Waals surface area contributed by atoms with E-state index in [-0.39, 0.29) is 5.54 Å². The van der Waals surface area contributed by atoms with Crippen LogP contribution in [-0.2, 0) is 5.54 Å². The third-order valence-electron chi connectivity index (χ3n) is 3.64. The van der Waals surface area contributed by atoms with Gasteiger partial charge in [-0.05, 0) is 39.2 Å². The van der Waals surface area contributed by atoms with Gasteiger partial charge in [-0.25, -0.2) is 4.98 Å². The second-order valence-corrected chi connectivity index (χ2v) is 6.06. The second-order valence-electron chi connectivity index (χ2n) is 5.17. The lowest BCUT2D eigenvalue weighted by Gasteiger charge is -2.45. The van der Waals surface area contributed by atoms with Crippen LogP contribution in [-0.4, -0.2) is 24.1 Å². The van der Waals surface area contributed by atoms with Crippen molar-refractivity contribution in [2.75, 3.05) is 13.1 Å². The molecule has 1 aromatic rings. The summed E-state index contributed by atoms with van der Waals surface area (Å²) in [5.41, 5.74) is 0.0856. The largest absolute Gasteiger partial charge is 0.316 e. The molecule has 4 heteroatoms. The van der Waals surface area contributed by atoms with E-state index in [9.17, 15) is 0 Å². The predicted molar refractivity (Wildman–Crippen MR) is 73.3 cm³/mol. The highest BCUT2D eigenvalue weighted by Gasteiger charge is 2.43. The molecule has 1 aromatic heterocycles. The minimum Gasteiger partial charge on any atom is -0.316 e. The van der Waals surface area contributed by atoms with Crippen molar-refractivity contribution in [1.29, 1.82) is 0 Å². The molecule has 96 valence electrons. The lowest BCUT2D eigenvalue weighted by molar-refractivity contribution is 0.137. The van der Waals surface area contributed by atoms with Gasteiger partial charge in [0.2, 0.25) is 0 Å². The number of rotatable bonds is 4. The molecule has 2 rings (SSSR count). The lowest BCUT2D eigenvalue weighted by Crippen LogP contribution is -2.58. The smallest absolute Gasteiger partial charge is 0.113 e. The van der Waals surface area contributed by atoms with Crippen molar-refractivity contribution >= 4 is 11.3 Å². The number of thiazole rings is 1. The molecule has 0 spiro atoms. The van der Waals surface area contributed by atoms with Crippen LogP contribution in [0.15, 0.2) is 11.6 Å². The van der Waals surface area contributed by atoms with E-state index >= 15 is 0 Å². The topological polar surface area (TPSA) is 37.0 Å². The molecule has 2 atom stereocenters. The summed E-state index contributed by atoms with van der Waals surface area (Å²) in [6.45, 7) is 8.90. The van der Waals surface area contributed by atoms with Gasteiger partial charge in [-0.2, -0.15) is 0 Å². The number of nitrogens with zero attached hydrogens (tertiary/aromatic N) is 1. The number of piperidine rings is 1. The fourth-order valence-corrected chi connectivity index (χ4v) is 3.84. The summed E-state index contributed by atoms with van der Waals surface area (Å²) >= 11 is 1.79. The van der Waals surface area contributed by atoms with E-state index in [1.54, 1.807) is 11.3 Å². The van der Waals surface area contributed by atoms with Crippen LogP contribution in [0.5, 0.6) is 0 Å². The molecule has 3 nitrogen and oxygen atoms in total. The number of hydrogen-bond donors (Lipinski definition) is 2. The highest BCUT2D eigenvalue weighted by atomic mass is 32.1. The molecule has 0 bridgehead atoms. The summed E-state index contributed by atoms with van der Waals surface area (Å²) in [7, 11) is 0. The average molecular weight is 253 g/mol. The monoisotopic (exact) mass is 253 g/mol. The molecule has 1 aliphatic rings. The summed E-state index contributed by atoms with van der Waals surface area (Å²) in [6.07, 6.45) is 4.25. The van der Waals surface area contributed by atoms with E-state index in [1.807, 2.05) is 6.20 Å². The van der Waals surface area contributed by atoms with Crippen molar-refractivity contribution < 1.29 is 0 Å². The first-order chi connectivity index (χ1) is 8.19. The highest BCUT2D eigenvalue weighted by Crippen LogP contribution is 2.38. The van der Waals surface area contributed by atoms with Crippen molar-refractivity contribution in [3.05, 3.63) is 16.6 Å². The van der Waals surface area contributed by atoms with Gasteiger partial charge in [0.25, 0.3) is 0 Å². The molecule has 1 fully saturated rings. The maximum absolute atomic E-state index is 4.59. The molecule has 0 amide bonds. The second kappa shape index (κ2) is 5.46. The normalized spacial score (nSPS) is 29.8. The van der Waals surface area contributed by atoms with Gasteiger partial charge < -0.3 is 10.6 Å². The van der Waals surface area contributed by atoms with Crippen LogP contribution in [0.1, 0.15) is 38.6 Å². The van der Waals surface area contributed by atoms with Gasteiger partial charge >= 0.3 is 0 Å². The molecule has 0 aliphatic carbocycles. The van der Waals surface area contributed by atoms with Crippen molar-refractivity contribution in [3.63, 3.8) is 0 Å². The van der Waals surface area contributed by atoms with Crippen LogP contribution in [0.2, 0.25) is 0 Å². The molecular formula is C13H23N3S. The first kappa shape index (κ1) is 13.0.